The zero-order chi connectivity index (χ0) is 13.1. The Bertz CT molecular complexity index is 433. The Morgan fingerprint density at radius 3 is 3.00 bits per heavy atom. The van der Waals surface area contributed by atoms with E-state index in [-0.39, 0.29) is 12.0 Å². The predicted molar refractivity (Wildman–Crippen MR) is 75.8 cm³/mol. The highest BCUT2D eigenvalue weighted by atomic mass is 32.1. The van der Waals surface area contributed by atoms with Crippen LogP contribution in [0.15, 0.2) is 16.8 Å². The maximum Gasteiger partial charge on any atom is 0.307 e. The fraction of sp³-hybridized carbons (Fsp3) is 0.500. The van der Waals surface area contributed by atoms with Crippen LogP contribution < -0.4 is 5.73 Å². The van der Waals surface area contributed by atoms with Gasteiger partial charge in [0.25, 0.3) is 0 Å². The summed E-state index contributed by atoms with van der Waals surface area (Å²) in [6.07, 6.45) is 1.61. The number of hydrogen-bond acceptors (Lipinski definition) is 4. The number of piperidine rings is 1. The van der Waals surface area contributed by atoms with E-state index in [4.69, 9.17) is 23.1 Å². The Balaban J connectivity index is 2.16. The largest absolute Gasteiger partial charge is 0.481 e. The summed E-state index contributed by atoms with van der Waals surface area (Å²) in [7, 11) is 0. The molecule has 0 saturated carbocycles. The summed E-state index contributed by atoms with van der Waals surface area (Å²) < 4.78 is 0. The molecule has 98 valence electrons. The highest BCUT2D eigenvalue weighted by Gasteiger charge is 2.31. The van der Waals surface area contributed by atoms with E-state index >= 15 is 0 Å². The molecule has 1 saturated heterocycles. The summed E-state index contributed by atoms with van der Waals surface area (Å²) in [5.41, 5.74) is 6.90. The number of nitrogens with two attached hydrogens (primary N) is 1. The van der Waals surface area contributed by atoms with Gasteiger partial charge in [-0.15, -0.1) is 0 Å². The highest BCUT2D eigenvalue weighted by Crippen LogP contribution is 2.28. The van der Waals surface area contributed by atoms with Gasteiger partial charge in [-0.2, -0.15) is 11.3 Å². The van der Waals surface area contributed by atoms with Crippen molar-refractivity contribution < 1.29 is 9.90 Å². The minimum Gasteiger partial charge on any atom is -0.481 e. The molecule has 1 aliphatic heterocycles. The van der Waals surface area contributed by atoms with Gasteiger partial charge < -0.3 is 10.8 Å². The molecule has 18 heavy (non-hydrogen) atoms. The number of carboxylic acids is 1. The van der Waals surface area contributed by atoms with E-state index in [1.807, 2.05) is 16.8 Å². The van der Waals surface area contributed by atoms with Crippen molar-refractivity contribution in [3.05, 3.63) is 22.4 Å². The van der Waals surface area contributed by atoms with Crippen LogP contribution in [-0.4, -0.2) is 34.1 Å². The molecule has 4 nitrogen and oxygen atoms in total. The van der Waals surface area contributed by atoms with Crippen LogP contribution in [-0.2, 0) is 4.79 Å². The Hall–Kier alpha value is -0.980. The summed E-state index contributed by atoms with van der Waals surface area (Å²) in [4.78, 5) is 13.6. The van der Waals surface area contributed by atoms with Crippen LogP contribution in [0.4, 0.5) is 0 Å². The highest BCUT2D eigenvalue weighted by molar-refractivity contribution is 7.80. The van der Waals surface area contributed by atoms with Crippen LogP contribution in [0.25, 0.3) is 0 Å². The van der Waals surface area contributed by atoms with Crippen LogP contribution in [0.5, 0.6) is 0 Å². The van der Waals surface area contributed by atoms with Gasteiger partial charge in [-0.25, -0.2) is 0 Å². The molecule has 2 unspecified atom stereocenters. The zero-order valence-corrected chi connectivity index (χ0v) is 11.5. The summed E-state index contributed by atoms with van der Waals surface area (Å²) in [5, 5.41) is 13.1. The van der Waals surface area contributed by atoms with Crippen molar-refractivity contribution >= 4 is 34.5 Å². The molecule has 1 aliphatic rings. The van der Waals surface area contributed by atoms with Crippen LogP contribution in [0.2, 0.25) is 0 Å². The smallest absolute Gasteiger partial charge is 0.307 e. The monoisotopic (exact) mass is 284 g/mol. The van der Waals surface area contributed by atoms with Crippen molar-refractivity contribution in [2.24, 2.45) is 11.7 Å². The molecular formula is C12H16N2O2S2. The van der Waals surface area contributed by atoms with E-state index in [0.29, 0.717) is 11.5 Å². The van der Waals surface area contributed by atoms with E-state index in [1.54, 1.807) is 11.3 Å². The number of rotatable bonds is 4. The van der Waals surface area contributed by atoms with Gasteiger partial charge in [-0.05, 0) is 41.8 Å². The maximum absolute atomic E-state index is 11.1. The molecular weight excluding hydrogens is 268 g/mol. The van der Waals surface area contributed by atoms with E-state index in [9.17, 15) is 4.79 Å². The zero-order valence-electron chi connectivity index (χ0n) is 9.91. The minimum atomic E-state index is -0.730. The van der Waals surface area contributed by atoms with Crippen molar-refractivity contribution in [1.82, 2.24) is 4.90 Å². The summed E-state index contributed by atoms with van der Waals surface area (Å²) in [6.45, 7) is 1.37. The number of thiophene rings is 1. The van der Waals surface area contributed by atoms with Gasteiger partial charge in [0.1, 0.15) is 0 Å². The molecule has 0 bridgehead atoms. The number of aliphatic carboxylic acids is 1. The van der Waals surface area contributed by atoms with Crippen LogP contribution in [0.1, 0.15) is 24.4 Å². The molecule has 0 spiro atoms. The number of carboxylic acid groups (broad SMARTS) is 1. The minimum absolute atomic E-state index is 0.131. The van der Waals surface area contributed by atoms with E-state index in [2.05, 4.69) is 4.90 Å². The van der Waals surface area contributed by atoms with Gasteiger partial charge in [0.15, 0.2) is 0 Å². The molecule has 1 aromatic heterocycles. The maximum atomic E-state index is 11.1. The number of thiocarbonyl (C=S) groups is 1. The van der Waals surface area contributed by atoms with Crippen molar-refractivity contribution in [3.63, 3.8) is 0 Å². The van der Waals surface area contributed by atoms with Gasteiger partial charge in [-0.3, -0.25) is 9.69 Å². The topological polar surface area (TPSA) is 66.6 Å². The summed E-state index contributed by atoms with van der Waals surface area (Å²) in [6, 6.07) is 1.87. The standard InChI is InChI=1S/C12H16N2O2S2/c13-11(17)10(9-3-5-18-7-9)14-4-1-2-8(6-14)12(15)16/h3,5,7-8,10H,1-2,4,6H2,(H2,13,17)(H,15,16). The number of hydrogen-bond donors (Lipinski definition) is 2. The third kappa shape index (κ3) is 2.88. The van der Waals surface area contributed by atoms with Gasteiger partial charge in [0.05, 0.1) is 16.9 Å². The SMILES string of the molecule is NC(=S)C(c1ccsc1)N1CCCC(C(=O)O)C1. The molecule has 1 fully saturated rings. The second kappa shape index (κ2) is 5.77. The second-order valence-corrected chi connectivity index (χ2v) is 5.79. The average molecular weight is 284 g/mol. The van der Waals surface area contributed by atoms with Crippen molar-refractivity contribution in [2.75, 3.05) is 13.1 Å². The normalized spacial score (nSPS) is 22.6. The molecule has 2 heterocycles. The molecule has 3 N–H and O–H groups in total. The number of likely N-dealkylation sites (tertiary alicyclic amines) is 1. The lowest BCUT2D eigenvalue weighted by atomic mass is 9.95. The Labute approximate surface area is 115 Å². The Morgan fingerprint density at radius 1 is 1.67 bits per heavy atom. The van der Waals surface area contributed by atoms with Gasteiger partial charge in [0, 0.05) is 6.54 Å². The fourth-order valence-electron chi connectivity index (χ4n) is 2.43. The predicted octanol–water partition coefficient (Wildman–Crippen LogP) is 1.87. The van der Waals surface area contributed by atoms with Gasteiger partial charge in [-0.1, -0.05) is 12.2 Å². The van der Waals surface area contributed by atoms with Crippen LogP contribution in [0, 0.1) is 5.92 Å². The number of nitrogens with zero attached hydrogens (tertiary/aromatic N) is 1. The van der Waals surface area contributed by atoms with Crippen LogP contribution >= 0.6 is 23.6 Å². The van der Waals surface area contributed by atoms with Crippen molar-refractivity contribution in [1.29, 1.82) is 0 Å². The lowest BCUT2D eigenvalue weighted by Gasteiger charge is -2.36. The quantitative estimate of drug-likeness (QED) is 0.826. The molecule has 6 heteroatoms. The Morgan fingerprint density at radius 2 is 2.44 bits per heavy atom. The third-order valence-electron chi connectivity index (χ3n) is 3.30. The molecule has 0 aromatic carbocycles. The first-order valence-corrected chi connectivity index (χ1v) is 7.23. The van der Waals surface area contributed by atoms with E-state index < -0.39 is 5.97 Å². The van der Waals surface area contributed by atoms with Crippen LogP contribution in [0.3, 0.4) is 0 Å². The molecule has 1 aromatic rings. The first-order valence-electron chi connectivity index (χ1n) is 5.88. The molecule has 2 rings (SSSR count). The molecule has 0 aliphatic carbocycles. The molecule has 2 atom stereocenters. The lowest BCUT2D eigenvalue weighted by Crippen LogP contribution is -2.44. The molecule has 0 radical (unpaired) electrons. The lowest BCUT2D eigenvalue weighted by molar-refractivity contribution is -0.143. The van der Waals surface area contributed by atoms with Gasteiger partial charge >= 0.3 is 5.97 Å². The average Bonchev–Trinajstić information content (AvgIpc) is 2.82. The van der Waals surface area contributed by atoms with Crippen molar-refractivity contribution in [2.45, 2.75) is 18.9 Å². The second-order valence-electron chi connectivity index (χ2n) is 4.53. The summed E-state index contributed by atoms with van der Waals surface area (Å²) >= 11 is 6.74. The first-order chi connectivity index (χ1) is 8.59. The van der Waals surface area contributed by atoms with Gasteiger partial charge in [0.2, 0.25) is 0 Å². The first kappa shape index (κ1) is 13.5. The van der Waals surface area contributed by atoms with E-state index in [1.165, 1.54) is 0 Å². The summed E-state index contributed by atoms with van der Waals surface area (Å²) in [5.74, 6) is -1.04. The fourth-order valence-corrected chi connectivity index (χ4v) is 3.39. The molecule has 0 amide bonds. The van der Waals surface area contributed by atoms with Crippen molar-refractivity contribution in [3.8, 4) is 0 Å². The third-order valence-corrected chi connectivity index (χ3v) is 4.22. The Kier molecular flexibility index (Phi) is 4.31. The number of carbonyl (C=O) groups is 1. The van der Waals surface area contributed by atoms with E-state index in [0.717, 1.165) is 24.9 Å².